The van der Waals surface area contributed by atoms with Crippen LogP contribution in [0.1, 0.15) is 17.0 Å². The molecular weight excluding hydrogens is 303 g/mol. The van der Waals surface area contributed by atoms with Gasteiger partial charge in [0.25, 0.3) is 0 Å². The Morgan fingerprint density at radius 3 is 2.16 bits per heavy atom. The maximum atomic E-state index is 9.58. The fourth-order valence-electron chi connectivity index (χ4n) is 2.02. The first-order valence-electron chi connectivity index (χ1n) is 5.91. The Kier molecular flexibility index (Phi) is 5.12. The van der Waals surface area contributed by atoms with Crippen molar-refractivity contribution in [3.8, 4) is 0 Å². The van der Waals surface area contributed by atoms with Crippen molar-refractivity contribution in [1.29, 1.82) is 0 Å². The highest BCUT2D eigenvalue weighted by molar-refractivity contribution is 6.36. The first kappa shape index (κ1) is 14.7. The Bertz CT molecular complexity index is 549. The summed E-state index contributed by atoms with van der Waals surface area (Å²) < 4.78 is 0. The minimum atomic E-state index is -0.0731. The number of aliphatic hydroxyl groups is 1. The third kappa shape index (κ3) is 3.64. The molecule has 0 amide bonds. The van der Waals surface area contributed by atoms with Crippen molar-refractivity contribution in [3.63, 3.8) is 0 Å². The summed E-state index contributed by atoms with van der Waals surface area (Å²) in [7, 11) is 0. The van der Waals surface area contributed by atoms with Gasteiger partial charge in [0.15, 0.2) is 0 Å². The zero-order valence-electron chi connectivity index (χ0n) is 10.1. The van der Waals surface area contributed by atoms with Crippen molar-refractivity contribution in [1.82, 2.24) is 0 Å². The Balaban J connectivity index is 2.29. The quantitative estimate of drug-likeness (QED) is 0.845. The number of hydrogen-bond donors (Lipinski definition) is 1. The van der Waals surface area contributed by atoms with E-state index in [2.05, 4.69) is 0 Å². The van der Waals surface area contributed by atoms with E-state index in [0.29, 0.717) is 21.5 Å². The van der Waals surface area contributed by atoms with Crippen LogP contribution in [0.25, 0.3) is 0 Å². The van der Waals surface area contributed by atoms with Crippen LogP contribution in [0, 0.1) is 0 Å². The van der Waals surface area contributed by atoms with Gasteiger partial charge in [-0.1, -0.05) is 53.0 Å². The molecule has 0 aliphatic carbocycles. The van der Waals surface area contributed by atoms with Crippen LogP contribution in [0.4, 0.5) is 0 Å². The average molecular weight is 316 g/mol. The Hall–Kier alpha value is -0.730. The van der Waals surface area contributed by atoms with Crippen LogP contribution in [0.2, 0.25) is 15.1 Å². The molecule has 2 aromatic carbocycles. The lowest BCUT2D eigenvalue weighted by Gasteiger charge is -2.17. The molecule has 0 aliphatic heterocycles. The van der Waals surface area contributed by atoms with Gasteiger partial charge >= 0.3 is 0 Å². The summed E-state index contributed by atoms with van der Waals surface area (Å²) >= 11 is 18.3. The summed E-state index contributed by atoms with van der Waals surface area (Å²) in [4.78, 5) is 0. The monoisotopic (exact) mass is 314 g/mol. The second kappa shape index (κ2) is 6.62. The van der Waals surface area contributed by atoms with E-state index in [1.54, 1.807) is 12.1 Å². The predicted molar refractivity (Wildman–Crippen MR) is 81.4 cm³/mol. The van der Waals surface area contributed by atoms with Crippen LogP contribution in [0.15, 0.2) is 42.5 Å². The van der Waals surface area contributed by atoms with Crippen LogP contribution in [0.5, 0.6) is 0 Å². The summed E-state index contributed by atoms with van der Waals surface area (Å²) in [5.41, 5.74) is 1.83. The van der Waals surface area contributed by atoms with Crippen LogP contribution in [-0.4, -0.2) is 11.7 Å². The van der Waals surface area contributed by atoms with E-state index in [1.807, 2.05) is 30.3 Å². The zero-order chi connectivity index (χ0) is 13.8. The van der Waals surface area contributed by atoms with E-state index in [1.165, 1.54) is 0 Å². The van der Waals surface area contributed by atoms with Gasteiger partial charge in [0.05, 0.1) is 6.61 Å². The number of hydrogen-bond acceptors (Lipinski definition) is 1. The minimum Gasteiger partial charge on any atom is -0.396 e. The third-order valence-electron chi connectivity index (χ3n) is 3.05. The molecule has 1 N–H and O–H groups in total. The standard InChI is InChI=1S/C15H13Cl3O/c16-12-4-1-3-10(7-12)11(9-19)8-13-14(17)5-2-6-15(13)18/h1-7,11,19H,8-9H2. The molecule has 4 heteroatoms. The zero-order valence-corrected chi connectivity index (χ0v) is 12.4. The van der Waals surface area contributed by atoms with Crippen molar-refractivity contribution in [2.24, 2.45) is 0 Å². The van der Waals surface area contributed by atoms with E-state index in [4.69, 9.17) is 34.8 Å². The average Bonchev–Trinajstić information content (AvgIpc) is 2.38. The highest BCUT2D eigenvalue weighted by Gasteiger charge is 2.15. The van der Waals surface area contributed by atoms with Crippen molar-refractivity contribution in [2.75, 3.05) is 6.61 Å². The molecule has 0 saturated carbocycles. The van der Waals surface area contributed by atoms with E-state index >= 15 is 0 Å². The molecule has 0 heterocycles. The second-order valence-corrected chi connectivity index (χ2v) is 5.59. The number of halogens is 3. The molecular formula is C15H13Cl3O. The van der Waals surface area contributed by atoms with Gasteiger partial charge in [-0.2, -0.15) is 0 Å². The molecule has 2 rings (SSSR count). The van der Waals surface area contributed by atoms with Crippen LogP contribution >= 0.6 is 34.8 Å². The van der Waals surface area contributed by atoms with Crippen molar-refractivity contribution in [3.05, 3.63) is 68.7 Å². The highest BCUT2D eigenvalue weighted by Crippen LogP contribution is 2.30. The molecule has 0 fully saturated rings. The summed E-state index contributed by atoms with van der Waals surface area (Å²) in [6, 6.07) is 12.9. The summed E-state index contributed by atoms with van der Waals surface area (Å²) in [6.45, 7) is 0.0158. The molecule has 1 atom stereocenters. The fourth-order valence-corrected chi connectivity index (χ4v) is 2.77. The molecule has 19 heavy (non-hydrogen) atoms. The lowest BCUT2D eigenvalue weighted by atomic mass is 9.92. The number of aliphatic hydroxyl groups excluding tert-OH is 1. The largest absolute Gasteiger partial charge is 0.396 e. The lowest BCUT2D eigenvalue weighted by Crippen LogP contribution is -2.08. The van der Waals surface area contributed by atoms with Gasteiger partial charge in [0, 0.05) is 21.0 Å². The van der Waals surface area contributed by atoms with E-state index in [9.17, 15) is 5.11 Å². The minimum absolute atomic E-state index is 0.0158. The predicted octanol–water partition coefficient (Wildman–Crippen LogP) is 4.97. The molecule has 0 radical (unpaired) electrons. The first-order chi connectivity index (χ1) is 9.11. The highest BCUT2D eigenvalue weighted by atomic mass is 35.5. The smallest absolute Gasteiger partial charge is 0.0502 e. The normalized spacial score (nSPS) is 12.4. The summed E-state index contributed by atoms with van der Waals surface area (Å²) in [5.74, 6) is -0.0731. The number of benzene rings is 2. The van der Waals surface area contributed by atoms with Gasteiger partial charge in [-0.25, -0.2) is 0 Å². The molecule has 0 aromatic heterocycles. The van der Waals surface area contributed by atoms with Crippen molar-refractivity contribution in [2.45, 2.75) is 12.3 Å². The van der Waals surface area contributed by atoms with Gasteiger partial charge in [-0.15, -0.1) is 0 Å². The van der Waals surface area contributed by atoms with Gasteiger partial charge in [-0.3, -0.25) is 0 Å². The van der Waals surface area contributed by atoms with Gasteiger partial charge in [0.2, 0.25) is 0 Å². The Labute approximate surface area is 127 Å². The SMILES string of the molecule is OCC(Cc1c(Cl)cccc1Cl)c1cccc(Cl)c1. The maximum Gasteiger partial charge on any atom is 0.0502 e. The van der Waals surface area contributed by atoms with E-state index in [-0.39, 0.29) is 12.5 Å². The van der Waals surface area contributed by atoms with Crippen molar-refractivity contribution >= 4 is 34.8 Å². The Morgan fingerprint density at radius 1 is 0.947 bits per heavy atom. The topological polar surface area (TPSA) is 20.2 Å². The summed E-state index contributed by atoms with van der Waals surface area (Å²) in [5, 5.41) is 11.5. The lowest BCUT2D eigenvalue weighted by molar-refractivity contribution is 0.264. The molecule has 0 aliphatic rings. The molecule has 2 aromatic rings. The van der Waals surface area contributed by atoms with Crippen molar-refractivity contribution < 1.29 is 5.11 Å². The van der Waals surface area contributed by atoms with Gasteiger partial charge < -0.3 is 5.11 Å². The van der Waals surface area contributed by atoms with Crippen LogP contribution in [-0.2, 0) is 6.42 Å². The molecule has 1 unspecified atom stereocenters. The molecule has 100 valence electrons. The van der Waals surface area contributed by atoms with Gasteiger partial charge in [-0.05, 0) is 41.8 Å². The molecule has 0 saturated heterocycles. The maximum absolute atomic E-state index is 9.58. The second-order valence-electron chi connectivity index (χ2n) is 4.34. The van der Waals surface area contributed by atoms with E-state index in [0.717, 1.165) is 11.1 Å². The van der Waals surface area contributed by atoms with E-state index < -0.39 is 0 Å². The van der Waals surface area contributed by atoms with Crippen LogP contribution < -0.4 is 0 Å². The molecule has 0 bridgehead atoms. The number of rotatable bonds is 4. The van der Waals surface area contributed by atoms with Gasteiger partial charge in [0.1, 0.15) is 0 Å². The Morgan fingerprint density at radius 2 is 1.58 bits per heavy atom. The fraction of sp³-hybridized carbons (Fsp3) is 0.200. The third-order valence-corrected chi connectivity index (χ3v) is 4.00. The molecule has 0 spiro atoms. The summed E-state index contributed by atoms with van der Waals surface area (Å²) in [6.07, 6.45) is 0.579. The first-order valence-corrected chi connectivity index (χ1v) is 7.04. The molecule has 1 nitrogen and oxygen atoms in total. The van der Waals surface area contributed by atoms with Crippen LogP contribution in [0.3, 0.4) is 0 Å².